The Balaban J connectivity index is 0.000000501. The third-order valence-electron chi connectivity index (χ3n) is 4.74. The molecule has 2 aromatic rings. The molecule has 0 saturated carbocycles. The molecule has 31 heavy (non-hydrogen) atoms. The first-order chi connectivity index (χ1) is 14.8. The van der Waals surface area contributed by atoms with Crippen molar-refractivity contribution >= 4 is 29.6 Å². The quantitative estimate of drug-likeness (QED) is 0.533. The fourth-order valence-corrected chi connectivity index (χ4v) is 3.42. The fraction of sp³-hybridized carbons (Fsp3) is 0.318. The van der Waals surface area contributed by atoms with Gasteiger partial charge in [0.2, 0.25) is 0 Å². The Bertz CT molecular complexity index is 866. The molecule has 1 aliphatic heterocycles. The van der Waals surface area contributed by atoms with Crippen LogP contribution in [0.4, 0.5) is 0 Å². The number of carboxylic acid groups (broad SMARTS) is 2. The van der Waals surface area contributed by atoms with Gasteiger partial charge in [-0.2, -0.15) is 0 Å². The van der Waals surface area contributed by atoms with Crippen molar-refractivity contribution in [3.8, 4) is 5.75 Å². The van der Waals surface area contributed by atoms with Crippen molar-refractivity contribution in [1.82, 2.24) is 9.80 Å². The van der Waals surface area contributed by atoms with Gasteiger partial charge in [-0.1, -0.05) is 12.1 Å². The molecule has 8 nitrogen and oxygen atoms in total. The average molecular weight is 447 g/mol. The van der Waals surface area contributed by atoms with E-state index in [1.165, 1.54) is 10.5 Å². The van der Waals surface area contributed by atoms with Crippen LogP contribution in [0, 0.1) is 0 Å². The minimum atomic E-state index is -1.82. The second-order valence-corrected chi connectivity index (χ2v) is 7.63. The zero-order valence-corrected chi connectivity index (χ0v) is 18.3. The number of methoxy groups -OCH3 is 1. The van der Waals surface area contributed by atoms with E-state index in [1.807, 2.05) is 29.2 Å². The molecule has 1 fully saturated rings. The van der Waals surface area contributed by atoms with E-state index in [9.17, 15) is 4.79 Å². The Labute approximate surface area is 185 Å². The molecule has 166 valence electrons. The van der Waals surface area contributed by atoms with E-state index in [1.54, 1.807) is 18.9 Å². The number of nitrogens with zero attached hydrogens (tertiary/aromatic N) is 2. The van der Waals surface area contributed by atoms with Crippen LogP contribution in [0.3, 0.4) is 0 Å². The van der Waals surface area contributed by atoms with Crippen LogP contribution in [-0.2, 0) is 16.1 Å². The van der Waals surface area contributed by atoms with Gasteiger partial charge in [-0.3, -0.25) is 9.69 Å². The molecule has 1 amide bonds. The normalized spacial score (nSPS) is 13.7. The Morgan fingerprint density at radius 2 is 1.45 bits per heavy atom. The predicted molar refractivity (Wildman–Crippen MR) is 118 cm³/mol. The summed E-state index contributed by atoms with van der Waals surface area (Å²) in [5.74, 6) is -2.77. The van der Waals surface area contributed by atoms with Crippen molar-refractivity contribution in [3.05, 3.63) is 59.7 Å². The summed E-state index contributed by atoms with van der Waals surface area (Å²) in [5, 5.41) is 14.8. The minimum absolute atomic E-state index is 0.103. The number of rotatable bonds is 5. The maximum absolute atomic E-state index is 12.6. The van der Waals surface area contributed by atoms with E-state index in [0.29, 0.717) is 0 Å². The van der Waals surface area contributed by atoms with Crippen LogP contribution < -0.4 is 4.74 Å². The average Bonchev–Trinajstić information content (AvgIpc) is 2.80. The van der Waals surface area contributed by atoms with Gasteiger partial charge >= 0.3 is 11.9 Å². The summed E-state index contributed by atoms with van der Waals surface area (Å²) in [7, 11) is 1.63. The van der Waals surface area contributed by atoms with Gasteiger partial charge in [0.25, 0.3) is 5.91 Å². The lowest BCUT2D eigenvalue weighted by atomic mass is 10.1. The van der Waals surface area contributed by atoms with Gasteiger partial charge in [0.15, 0.2) is 0 Å². The zero-order chi connectivity index (χ0) is 22.8. The third kappa shape index (κ3) is 7.62. The summed E-state index contributed by atoms with van der Waals surface area (Å²) in [6.07, 6.45) is 2.09. The van der Waals surface area contributed by atoms with Gasteiger partial charge in [0.1, 0.15) is 5.75 Å². The van der Waals surface area contributed by atoms with E-state index in [-0.39, 0.29) is 5.91 Å². The summed E-state index contributed by atoms with van der Waals surface area (Å²) in [5.41, 5.74) is 2.05. The fourth-order valence-electron chi connectivity index (χ4n) is 3.01. The molecule has 1 aliphatic rings. The number of hydrogen-bond acceptors (Lipinski definition) is 6. The van der Waals surface area contributed by atoms with Gasteiger partial charge in [0.05, 0.1) is 7.11 Å². The number of benzene rings is 2. The van der Waals surface area contributed by atoms with E-state index >= 15 is 0 Å². The first-order valence-corrected chi connectivity index (χ1v) is 10.8. The topological polar surface area (TPSA) is 107 Å². The highest BCUT2D eigenvalue weighted by molar-refractivity contribution is 7.98. The number of ether oxygens (including phenoxy) is 1. The summed E-state index contributed by atoms with van der Waals surface area (Å²) in [6, 6.07) is 16.1. The lowest BCUT2D eigenvalue weighted by Gasteiger charge is -2.34. The van der Waals surface area contributed by atoms with Crippen molar-refractivity contribution in [2.45, 2.75) is 11.4 Å². The Morgan fingerprint density at radius 3 is 1.90 bits per heavy atom. The number of thioether (sulfide) groups is 1. The molecule has 0 aromatic heterocycles. The number of carbonyl (C=O) groups is 3. The van der Waals surface area contributed by atoms with Crippen molar-refractivity contribution in [2.24, 2.45) is 0 Å². The standard InChI is InChI=1S/C20H24N2O2S.C2H2O4/c1-24-18-7-5-17(6-8-18)20(23)22-13-11-21(12-14-22)15-16-3-9-19(25-2)10-4-16;3-1(4)2(5)6/h3-10H,11-15H2,1-2H3;(H,3,4)(H,5,6). The maximum Gasteiger partial charge on any atom is 0.414 e. The molecule has 3 rings (SSSR count). The molecule has 0 aliphatic carbocycles. The van der Waals surface area contributed by atoms with Crippen LogP contribution in [-0.4, -0.2) is 77.4 Å². The molecule has 0 atom stereocenters. The summed E-state index contributed by atoms with van der Waals surface area (Å²) >= 11 is 1.76. The van der Waals surface area contributed by atoms with Gasteiger partial charge in [-0.15, -0.1) is 11.8 Å². The van der Waals surface area contributed by atoms with E-state index in [4.69, 9.17) is 24.5 Å². The number of aliphatic carboxylic acids is 2. The van der Waals surface area contributed by atoms with Crippen molar-refractivity contribution in [1.29, 1.82) is 0 Å². The van der Waals surface area contributed by atoms with Crippen LogP contribution in [0.5, 0.6) is 5.75 Å². The van der Waals surface area contributed by atoms with Crippen LogP contribution in [0.2, 0.25) is 0 Å². The lowest BCUT2D eigenvalue weighted by Crippen LogP contribution is -2.48. The largest absolute Gasteiger partial charge is 0.497 e. The van der Waals surface area contributed by atoms with Crippen LogP contribution in [0.15, 0.2) is 53.4 Å². The Morgan fingerprint density at radius 1 is 0.903 bits per heavy atom. The molecule has 1 saturated heterocycles. The zero-order valence-electron chi connectivity index (χ0n) is 17.5. The van der Waals surface area contributed by atoms with Crippen molar-refractivity contribution in [2.75, 3.05) is 39.5 Å². The highest BCUT2D eigenvalue weighted by Crippen LogP contribution is 2.17. The number of hydrogen-bond donors (Lipinski definition) is 2. The highest BCUT2D eigenvalue weighted by Gasteiger charge is 2.22. The molecule has 9 heteroatoms. The number of carboxylic acids is 2. The summed E-state index contributed by atoms with van der Waals surface area (Å²) in [6.45, 7) is 4.30. The number of piperazine rings is 1. The molecule has 0 bridgehead atoms. The second kappa shape index (κ2) is 12.0. The van der Waals surface area contributed by atoms with Crippen LogP contribution in [0.25, 0.3) is 0 Å². The van der Waals surface area contributed by atoms with E-state index < -0.39 is 11.9 Å². The first kappa shape index (κ1) is 24.2. The molecular formula is C22H26N2O6S. The number of carbonyl (C=O) groups excluding carboxylic acids is 1. The molecule has 0 radical (unpaired) electrons. The Hall–Kier alpha value is -3.04. The summed E-state index contributed by atoms with van der Waals surface area (Å²) in [4.78, 5) is 36.4. The maximum atomic E-state index is 12.6. The predicted octanol–water partition coefficient (Wildman–Crippen LogP) is 2.53. The monoisotopic (exact) mass is 446 g/mol. The van der Waals surface area contributed by atoms with Crippen LogP contribution >= 0.6 is 11.8 Å². The van der Waals surface area contributed by atoms with Crippen LogP contribution in [0.1, 0.15) is 15.9 Å². The Kier molecular flexibility index (Phi) is 9.36. The lowest BCUT2D eigenvalue weighted by molar-refractivity contribution is -0.159. The van der Waals surface area contributed by atoms with Crippen molar-refractivity contribution in [3.63, 3.8) is 0 Å². The SMILES string of the molecule is COc1ccc(C(=O)N2CCN(Cc3ccc(SC)cc3)CC2)cc1.O=C(O)C(=O)O. The van der Waals surface area contributed by atoms with E-state index in [0.717, 1.165) is 44.0 Å². The molecule has 2 N–H and O–H groups in total. The van der Waals surface area contributed by atoms with E-state index in [2.05, 4.69) is 35.4 Å². The van der Waals surface area contributed by atoms with Crippen molar-refractivity contribution < 1.29 is 29.3 Å². The molecule has 2 aromatic carbocycles. The number of amides is 1. The second-order valence-electron chi connectivity index (χ2n) is 6.76. The first-order valence-electron chi connectivity index (χ1n) is 9.59. The van der Waals surface area contributed by atoms with Gasteiger partial charge in [-0.05, 0) is 48.2 Å². The van der Waals surface area contributed by atoms with Gasteiger partial charge in [-0.25, -0.2) is 9.59 Å². The minimum Gasteiger partial charge on any atom is -0.497 e. The molecule has 0 unspecified atom stereocenters. The smallest absolute Gasteiger partial charge is 0.414 e. The molecule has 1 heterocycles. The highest BCUT2D eigenvalue weighted by atomic mass is 32.2. The third-order valence-corrected chi connectivity index (χ3v) is 5.49. The summed E-state index contributed by atoms with van der Waals surface area (Å²) < 4.78 is 5.15. The molecule has 0 spiro atoms. The van der Waals surface area contributed by atoms with Gasteiger partial charge < -0.3 is 19.8 Å². The molecular weight excluding hydrogens is 420 g/mol. The van der Waals surface area contributed by atoms with Gasteiger partial charge in [0, 0.05) is 43.2 Å².